The summed E-state index contributed by atoms with van der Waals surface area (Å²) in [6.07, 6.45) is -3.07. The molecule has 0 amide bonds. The summed E-state index contributed by atoms with van der Waals surface area (Å²) in [4.78, 5) is 0. The maximum absolute atomic E-state index is 12.1. The lowest BCUT2D eigenvalue weighted by Gasteiger charge is -2.11. The highest BCUT2D eigenvalue weighted by Gasteiger charge is 2.31. The van der Waals surface area contributed by atoms with Crippen LogP contribution in [-0.4, -0.2) is 13.5 Å². The Balaban J connectivity index is 2.18. The van der Waals surface area contributed by atoms with Crippen LogP contribution in [0.3, 0.4) is 0 Å². The van der Waals surface area contributed by atoms with Gasteiger partial charge in [0.25, 0.3) is 0 Å². The summed E-state index contributed by atoms with van der Waals surface area (Å²) in [7, 11) is 1.50. The minimum atomic E-state index is -4.75. The first-order valence-electron chi connectivity index (χ1n) is 6.02. The summed E-state index contributed by atoms with van der Waals surface area (Å²) in [5.41, 5.74) is 1.27. The van der Waals surface area contributed by atoms with Crippen LogP contribution in [0.25, 0.3) is 0 Å². The second-order valence-corrected chi connectivity index (χ2v) is 5.08. The fourth-order valence-corrected chi connectivity index (χ4v) is 2.27. The molecule has 22 heavy (non-hydrogen) atoms. The van der Waals surface area contributed by atoms with Crippen molar-refractivity contribution in [2.45, 2.75) is 6.36 Å². The average molecular weight is 350 g/mol. The molecule has 7 heteroatoms. The van der Waals surface area contributed by atoms with Crippen LogP contribution in [0.5, 0.6) is 11.5 Å². The van der Waals surface area contributed by atoms with Gasteiger partial charge < -0.3 is 9.47 Å². The van der Waals surface area contributed by atoms with Gasteiger partial charge in [0.1, 0.15) is 11.5 Å². The smallest absolute Gasteiger partial charge is 0.495 e. The van der Waals surface area contributed by atoms with E-state index < -0.39 is 6.36 Å². The number of benzene rings is 2. The molecule has 1 radical (unpaired) electrons. The standard InChI is InChI=1S/C15H10Cl2F3O2/c1-21-14-5-2-9(7-13(14)17)6-10-3-4-11(8-12(10)16)22-15(18,19)20/h2-8H,1H3. The van der Waals surface area contributed by atoms with Crippen LogP contribution in [0.1, 0.15) is 11.1 Å². The zero-order chi connectivity index (χ0) is 16.3. The van der Waals surface area contributed by atoms with Gasteiger partial charge in [0, 0.05) is 11.4 Å². The third-order valence-electron chi connectivity index (χ3n) is 2.70. The first-order chi connectivity index (χ1) is 10.3. The van der Waals surface area contributed by atoms with Gasteiger partial charge in [-0.15, -0.1) is 13.2 Å². The Labute approximate surface area is 135 Å². The van der Waals surface area contributed by atoms with Crippen molar-refractivity contribution in [1.82, 2.24) is 0 Å². The zero-order valence-corrected chi connectivity index (χ0v) is 12.8. The number of ether oxygens (including phenoxy) is 2. The Hall–Kier alpha value is -1.59. The molecular formula is C15H10Cl2F3O2. The van der Waals surface area contributed by atoms with Gasteiger partial charge >= 0.3 is 6.36 Å². The van der Waals surface area contributed by atoms with Crippen molar-refractivity contribution in [2.24, 2.45) is 0 Å². The van der Waals surface area contributed by atoms with E-state index in [0.29, 0.717) is 16.3 Å². The second-order valence-electron chi connectivity index (χ2n) is 4.27. The SMILES string of the molecule is COc1ccc([CH]c2ccc(OC(F)(F)F)cc2Cl)cc1Cl. The predicted octanol–water partition coefficient (Wildman–Crippen LogP) is 5.50. The van der Waals surface area contributed by atoms with Gasteiger partial charge in [-0.05, 0) is 35.4 Å². The summed E-state index contributed by atoms with van der Waals surface area (Å²) in [6.45, 7) is 0. The maximum Gasteiger partial charge on any atom is 0.573 e. The molecule has 0 aliphatic heterocycles. The topological polar surface area (TPSA) is 18.5 Å². The fourth-order valence-electron chi connectivity index (χ4n) is 1.77. The number of alkyl halides is 3. The second kappa shape index (κ2) is 6.67. The van der Waals surface area contributed by atoms with Gasteiger partial charge in [-0.3, -0.25) is 0 Å². The lowest BCUT2D eigenvalue weighted by Crippen LogP contribution is -2.17. The van der Waals surface area contributed by atoms with Crippen LogP contribution in [0.4, 0.5) is 13.2 Å². The number of methoxy groups -OCH3 is 1. The lowest BCUT2D eigenvalue weighted by atomic mass is 10.0. The molecule has 2 aromatic rings. The number of rotatable bonds is 4. The lowest BCUT2D eigenvalue weighted by molar-refractivity contribution is -0.274. The van der Waals surface area contributed by atoms with E-state index in [1.54, 1.807) is 24.6 Å². The van der Waals surface area contributed by atoms with E-state index in [4.69, 9.17) is 27.9 Å². The van der Waals surface area contributed by atoms with Crippen LogP contribution in [0.15, 0.2) is 36.4 Å². The molecule has 0 aromatic heterocycles. The van der Waals surface area contributed by atoms with Crippen LogP contribution >= 0.6 is 23.2 Å². The largest absolute Gasteiger partial charge is 0.573 e. The van der Waals surface area contributed by atoms with Crippen molar-refractivity contribution in [3.63, 3.8) is 0 Å². The molecule has 0 saturated carbocycles. The molecule has 2 rings (SSSR count). The Bertz CT molecular complexity index is 672. The predicted molar refractivity (Wildman–Crippen MR) is 78.6 cm³/mol. The highest BCUT2D eigenvalue weighted by Crippen LogP contribution is 2.31. The molecular weight excluding hydrogens is 340 g/mol. The highest BCUT2D eigenvalue weighted by molar-refractivity contribution is 6.32. The molecule has 0 bridgehead atoms. The minimum absolute atomic E-state index is 0.133. The summed E-state index contributed by atoms with van der Waals surface area (Å²) < 4.78 is 45.3. The molecule has 0 aliphatic carbocycles. The van der Waals surface area contributed by atoms with Gasteiger partial charge in [0.2, 0.25) is 0 Å². The first-order valence-corrected chi connectivity index (χ1v) is 6.77. The Morgan fingerprint density at radius 1 is 1.00 bits per heavy atom. The molecule has 0 aliphatic rings. The molecule has 0 fully saturated rings. The van der Waals surface area contributed by atoms with Crippen molar-refractivity contribution in [3.8, 4) is 11.5 Å². The summed E-state index contributed by atoms with van der Waals surface area (Å²) in [5, 5.41) is 0.554. The highest BCUT2D eigenvalue weighted by atomic mass is 35.5. The van der Waals surface area contributed by atoms with Crippen molar-refractivity contribution >= 4 is 23.2 Å². The molecule has 0 saturated heterocycles. The molecule has 0 spiro atoms. The van der Waals surface area contributed by atoms with Crippen LogP contribution < -0.4 is 9.47 Å². The molecule has 0 unspecified atom stereocenters. The Morgan fingerprint density at radius 2 is 1.73 bits per heavy atom. The van der Waals surface area contributed by atoms with E-state index in [2.05, 4.69) is 4.74 Å². The first kappa shape index (κ1) is 16.8. The van der Waals surface area contributed by atoms with E-state index in [-0.39, 0.29) is 10.8 Å². The van der Waals surface area contributed by atoms with Crippen LogP contribution in [-0.2, 0) is 0 Å². The molecule has 2 nitrogen and oxygen atoms in total. The van der Waals surface area contributed by atoms with Crippen molar-refractivity contribution in [2.75, 3.05) is 7.11 Å². The quantitative estimate of drug-likeness (QED) is 0.725. The number of halogens is 5. The number of hydrogen-bond donors (Lipinski definition) is 0. The Morgan fingerprint density at radius 3 is 2.27 bits per heavy atom. The van der Waals surface area contributed by atoms with Gasteiger partial charge in [-0.25, -0.2) is 0 Å². The third kappa shape index (κ3) is 4.45. The summed E-state index contributed by atoms with van der Waals surface area (Å²) in [5.74, 6) is 0.154. The van der Waals surface area contributed by atoms with Gasteiger partial charge in [-0.1, -0.05) is 35.3 Å². The average Bonchev–Trinajstić information content (AvgIpc) is 2.40. The van der Waals surface area contributed by atoms with Crippen molar-refractivity contribution < 1.29 is 22.6 Å². The summed E-state index contributed by atoms with van der Waals surface area (Å²) in [6, 6.07) is 8.82. The molecule has 0 N–H and O–H groups in total. The third-order valence-corrected chi connectivity index (χ3v) is 3.33. The van der Waals surface area contributed by atoms with Gasteiger partial charge in [0.05, 0.1) is 12.1 Å². The van der Waals surface area contributed by atoms with E-state index >= 15 is 0 Å². The zero-order valence-electron chi connectivity index (χ0n) is 11.2. The van der Waals surface area contributed by atoms with Gasteiger partial charge in [-0.2, -0.15) is 0 Å². The number of hydrogen-bond acceptors (Lipinski definition) is 2. The van der Waals surface area contributed by atoms with Crippen molar-refractivity contribution in [3.05, 3.63) is 64.0 Å². The van der Waals surface area contributed by atoms with E-state index in [9.17, 15) is 13.2 Å². The molecule has 2 aromatic carbocycles. The monoisotopic (exact) mass is 349 g/mol. The maximum atomic E-state index is 12.1. The van der Waals surface area contributed by atoms with Crippen LogP contribution in [0.2, 0.25) is 10.0 Å². The Kier molecular flexibility index (Phi) is 5.08. The van der Waals surface area contributed by atoms with Crippen molar-refractivity contribution in [1.29, 1.82) is 0 Å². The van der Waals surface area contributed by atoms with Crippen LogP contribution in [0, 0.1) is 6.42 Å². The fraction of sp³-hybridized carbons (Fsp3) is 0.133. The van der Waals surface area contributed by atoms with Gasteiger partial charge in [0.15, 0.2) is 0 Å². The summed E-state index contributed by atoms with van der Waals surface area (Å²) >= 11 is 12.0. The molecule has 0 atom stereocenters. The van der Waals surface area contributed by atoms with E-state index in [1.807, 2.05) is 0 Å². The normalized spacial score (nSPS) is 11.4. The minimum Gasteiger partial charge on any atom is -0.495 e. The molecule has 117 valence electrons. The molecule has 0 heterocycles. The van der Waals surface area contributed by atoms with E-state index in [0.717, 1.165) is 11.6 Å². The van der Waals surface area contributed by atoms with E-state index in [1.165, 1.54) is 19.2 Å².